The number of rotatable bonds is 5. The van der Waals surface area contributed by atoms with Crippen molar-refractivity contribution in [3.8, 4) is 0 Å². The maximum absolute atomic E-state index is 3.65. The van der Waals surface area contributed by atoms with Gasteiger partial charge in [-0.05, 0) is 55.5 Å². The Hall–Kier alpha value is -1.12. The zero-order chi connectivity index (χ0) is 13.2. The number of benzene rings is 1. The molecule has 1 heterocycles. The number of hydrogen-bond donors (Lipinski definition) is 1. The van der Waals surface area contributed by atoms with Crippen LogP contribution < -0.4 is 5.32 Å². The van der Waals surface area contributed by atoms with Crippen LogP contribution in [-0.4, -0.2) is 6.54 Å². The molecular weight excluding hydrogens is 250 g/mol. The molecule has 1 aliphatic rings. The molecule has 0 saturated heterocycles. The van der Waals surface area contributed by atoms with E-state index < -0.39 is 0 Å². The maximum atomic E-state index is 3.65. The average molecular weight is 271 g/mol. The monoisotopic (exact) mass is 271 g/mol. The molecule has 2 heteroatoms. The average Bonchev–Trinajstić information content (AvgIpc) is 2.81. The van der Waals surface area contributed by atoms with Crippen LogP contribution in [0.15, 0.2) is 36.4 Å². The fourth-order valence-electron chi connectivity index (χ4n) is 3.04. The largest absolute Gasteiger partial charge is 0.310 e. The third kappa shape index (κ3) is 2.60. The van der Waals surface area contributed by atoms with E-state index in [2.05, 4.69) is 55.6 Å². The van der Waals surface area contributed by atoms with Crippen LogP contribution in [0.1, 0.15) is 46.2 Å². The first kappa shape index (κ1) is 12.9. The highest BCUT2D eigenvalue weighted by Gasteiger charge is 2.28. The Bertz CT molecular complexity index is 558. The Morgan fingerprint density at radius 1 is 1.26 bits per heavy atom. The van der Waals surface area contributed by atoms with Crippen molar-refractivity contribution < 1.29 is 0 Å². The van der Waals surface area contributed by atoms with Crippen LogP contribution in [-0.2, 0) is 6.42 Å². The van der Waals surface area contributed by atoms with E-state index in [4.69, 9.17) is 0 Å². The summed E-state index contributed by atoms with van der Waals surface area (Å²) in [7, 11) is 0. The maximum Gasteiger partial charge on any atom is 0.0420 e. The van der Waals surface area contributed by atoms with Crippen LogP contribution in [0.5, 0.6) is 0 Å². The van der Waals surface area contributed by atoms with E-state index in [0.717, 1.165) is 12.5 Å². The molecule has 1 aromatic heterocycles. The number of thiophene rings is 1. The predicted molar refractivity (Wildman–Crippen MR) is 83.0 cm³/mol. The molecule has 3 rings (SSSR count). The lowest BCUT2D eigenvalue weighted by Gasteiger charge is -2.33. The Balaban J connectivity index is 1.73. The summed E-state index contributed by atoms with van der Waals surface area (Å²) >= 11 is 1.93. The van der Waals surface area contributed by atoms with E-state index in [1.54, 1.807) is 11.1 Å². The summed E-state index contributed by atoms with van der Waals surface area (Å²) in [6, 6.07) is 13.9. The lowest BCUT2D eigenvalue weighted by molar-refractivity contribution is 0.440. The third-order valence-corrected chi connectivity index (χ3v) is 5.15. The first-order chi connectivity index (χ1) is 9.28. The number of nitrogens with one attached hydrogen (secondary N) is 1. The third-order valence-electron chi connectivity index (χ3n) is 4.04. The van der Waals surface area contributed by atoms with Gasteiger partial charge in [-0.2, -0.15) is 0 Å². The van der Waals surface area contributed by atoms with Gasteiger partial charge in [-0.1, -0.05) is 31.2 Å². The normalized spacial score (nSPS) is 18.7. The van der Waals surface area contributed by atoms with Crippen molar-refractivity contribution in [2.24, 2.45) is 0 Å². The van der Waals surface area contributed by atoms with Gasteiger partial charge in [-0.25, -0.2) is 0 Å². The van der Waals surface area contributed by atoms with Crippen molar-refractivity contribution in [3.63, 3.8) is 0 Å². The van der Waals surface area contributed by atoms with Crippen molar-refractivity contribution >= 4 is 11.3 Å². The molecule has 100 valence electrons. The molecule has 0 radical (unpaired) electrons. The van der Waals surface area contributed by atoms with Gasteiger partial charge in [0, 0.05) is 15.8 Å². The van der Waals surface area contributed by atoms with Gasteiger partial charge in [0.15, 0.2) is 0 Å². The molecule has 2 atom stereocenters. The number of aryl methyl sites for hydroxylation is 1. The van der Waals surface area contributed by atoms with Gasteiger partial charge in [-0.3, -0.25) is 0 Å². The van der Waals surface area contributed by atoms with Gasteiger partial charge in [0.2, 0.25) is 0 Å². The molecule has 2 aromatic rings. The first-order valence-electron chi connectivity index (χ1n) is 7.15. The molecular formula is C17H21NS. The van der Waals surface area contributed by atoms with Crippen LogP contribution in [0.25, 0.3) is 0 Å². The lowest BCUT2D eigenvalue weighted by atomic mass is 9.74. The molecule has 0 aliphatic heterocycles. The van der Waals surface area contributed by atoms with Crippen LogP contribution in [0, 0.1) is 6.92 Å². The highest BCUT2D eigenvalue weighted by molar-refractivity contribution is 7.12. The number of fused-ring (bicyclic) bond motifs is 1. The molecule has 1 aliphatic carbocycles. The van der Waals surface area contributed by atoms with Crippen molar-refractivity contribution in [1.29, 1.82) is 0 Å². The van der Waals surface area contributed by atoms with E-state index in [-0.39, 0.29) is 0 Å². The standard InChI is InChI=1S/C17H21NS/c1-3-18-16(17-9-8-12(2)19-17)11-14-10-13-6-4-5-7-15(13)14/h4-9,14,16,18H,3,10-11H2,1-2H3. The summed E-state index contributed by atoms with van der Waals surface area (Å²) in [6.45, 7) is 5.42. The Labute approximate surface area is 119 Å². The van der Waals surface area contributed by atoms with Gasteiger partial charge in [0.25, 0.3) is 0 Å². The van der Waals surface area contributed by atoms with Crippen LogP contribution in [0.2, 0.25) is 0 Å². The van der Waals surface area contributed by atoms with E-state index in [0.29, 0.717) is 6.04 Å². The summed E-state index contributed by atoms with van der Waals surface area (Å²) in [5.41, 5.74) is 3.11. The Kier molecular flexibility index (Phi) is 3.72. The van der Waals surface area contributed by atoms with E-state index >= 15 is 0 Å². The van der Waals surface area contributed by atoms with Crippen molar-refractivity contribution in [1.82, 2.24) is 5.32 Å². The van der Waals surface area contributed by atoms with Crippen molar-refractivity contribution in [2.75, 3.05) is 6.54 Å². The minimum Gasteiger partial charge on any atom is -0.310 e. The SMILES string of the molecule is CCNC(CC1Cc2ccccc21)c1ccc(C)s1. The van der Waals surface area contributed by atoms with E-state index in [9.17, 15) is 0 Å². The number of hydrogen-bond acceptors (Lipinski definition) is 2. The summed E-state index contributed by atoms with van der Waals surface area (Å²) in [4.78, 5) is 2.90. The summed E-state index contributed by atoms with van der Waals surface area (Å²) < 4.78 is 0. The zero-order valence-electron chi connectivity index (χ0n) is 11.6. The second-order valence-corrected chi connectivity index (χ2v) is 6.71. The topological polar surface area (TPSA) is 12.0 Å². The second kappa shape index (κ2) is 5.48. The van der Waals surface area contributed by atoms with Crippen molar-refractivity contribution in [2.45, 2.75) is 38.6 Å². The smallest absolute Gasteiger partial charge is 0.0420 e. The fourth-order valence-corrected chi connectivity index (χ4v) is 4.01. The second-order valence-electron chi connectivity index (χ2n) is 5.39. The molecule has 19 heavy (non-hydrogen) atoms. The van der Waals surface area contributed by atoms with Crippen LogP contribution >= 0.6 is 11.3 Å². The Morgan fingerprint density at radius 2 is 2.11 bits per heavy atom. The molecule has 0 saturated carbocycles. The highest BCUT2D eigenvalue weighted by Crippen LogP contribution is 2.41. The van der Waals surface area contributed by atoms with Crippen LogP contribution in [0.3, 0.4) is 0 Å². The molecule has 2 unspecified atom stereocenters. The van der Waals surface area contributed by atoms with Crippen molar-refractivity contribution in [3.05, 3.63) is 57.3 Å². The first-order valence-corrected chi connectivity index (χ1v) is 7.97. The quantitative estimate of drug-likeness (QED) is 0.848. The molecule has 0 amide bonds. The highest BCUT2D eigenvalue weighted by atomic mass is 32.1. The summed E-state index contributed by atoms with van der Waals surface area (Å²) in [5, 5.41) is 3.65. The zero-order valence-corrected chi connectivity index (χ0v) is 12.5. The minimum absolute atomic E-state index is 0.516. The van der Waals surface area contributed by atoms with Gasteiger partial charge >= 0.3 is 0 Å². The lowest BCUT2D eigenvalue weighted by Crippen LogP contribution is -2.26. The fraction of sp³-hybridized carbons (Fsp3) is 0.412. The minimum atomic E-state index is 0.516. The summed E-state index contributed by atoms with van der Waals surface area (Å²) in [5.74, 6) is 0.739. The molecule has 0 fully saturated rings. The summed E-state index contributed by atoms with van der Waals surface area (Å²) in [6.07, 6.45) is 2.48. The molecule has 1 nitrogen and oxygen atoms in total. The van der Waals surface area contributed by atoms with Gasteiger partial charge in [-0.15, -0.1) is 11.3 Å². The Morgan fingerprint density at radius 3 is 2.79 bits per heavy atom. The van der Waals surface area contributed by atoms with Gasteiger partial charge < -0.3 is 5.32 Å². The van der Waals surface area contributed by atoms with E-state index in [1.807, 2.05) is 11.3 Å². The molecule has 0 bridgehead atoms. The molecule has 0 spiro atoms. The predicted octanol–water partition coefficient (Wildman–Crippen LogP) is 4.44. The van der Waals surface area contributed by atoms with Gasteiger partial charge in [0.1, 0.15) is 0 Å². The molecule has 1 N–H and O–H groups in total. The van der Waals surface area contributed by atoms with Crippen LogP contribution in [0.4, 0.5) is 0 Å². The van der Waals surface area contributed by atoms with Gasteiger partial charge in [0.05, 0.1) is 0 Å². The van der Waals surface area contributed by atoms with E-state index in [1.165, 1.54) is 22.6 Å². The molecule has 1 aromatic carbocycles.